The summed E-state index contributed by atoms with van der Waals surface area (Å²) in [6, 6.07) is 7.17. The molecule has 0 fully saturated rings. The van der Waals surface area contributed by atoms with Crippen LogP contribution < -0.4 is 15.2 Å². The second-order valence-electron chi connectivity index (χ2n) is 3.79. The molecule has 2 rings (SSSR count). The maximum atomic E-state index is 5.73. The number of hydrogen-bond donors (Lipinski definition) is 1. The second kappa shape index (κ2) is 5.27. The van der Waals surface area contributed by atoms with Crippen molar-refractivity contribution in [3.8, 4) is 17.4 Å². The Kier molecular flexibility index (Phi) is 3.72. The third kappa shape index (κ3) is 2.73. The van der Waals surface area contributed by atoms with Crippen molar-refractivity contribution >= 4 is 21.6 Å². The summed E-state index contributed by atoms with van der Waals surface area (Å²) in [5.74, 6) is 1.71. The van der Waals surface area contributed by atoms with Gasteiger partial charge in [0.05, 0.1) is 7.11 Å². The summed E-state index contributed by atoms with van der Waals surface area (Å²) in [5, 5.41) is 0. The molecule has 1 heterocycles. The highest BCUT2D eigenvalue weighted by Gasteiger charge is 2.09. The van der Waals surface area contributed by atoms with E-state index in [0.29, 0.717) is 23.1 Å². The van der Waals surface area contributed by atoms with Gasteiger partial charge in [0.2, 0.25) is 5.88 Å². The number of nitrogens with two attached hydrogens (primary N) is 1. The molecule has 5 heteroatoms. The van der Waals surface area contributed by atoms with E-state index < -0.39 is 0 Å². The number of pyridine rings is 1. The number of aryl methyl sites for hydroxylation is 1. The Morgan fingerprint density at radius 1 is 1.22 bits per heavy atom. The summed E-state index contributed by atoms with van der Waals surface area (Å²) < 4.78 is 11.9. The summed E-state index contributed by atoms with van der Waals surface area (Å²) in [5.41, 5.74) is 7.25. The minimum absolute atomic E-state index is 0.543. The lowest BCUT2D eigenvalue weighted by molar-refractivity contribution is 0.373. The Morgan fingerprint density at radius 2 is 2.00 bits per heavy atom. The SMILES string of the molecule is COc1cc(N)ccc1Oc1ncc(Br)cc1C. The molecule has 0 unspecified atom stereocenters. The number of anilines is 1. The van der Waals surface area contributed by atoms with Crippen molar-refractivity contribution in [1.82, 2.24) is 4.98 Å². The predicted molar refractivity (Wildman–Crippen MR) is 74.2 cm³/mol. The molecule has 4 nitrogen and oxygen atoms in total. The van der Waals surface area contributed by atoms with Crippen LogP contribution in [-0.2, 0) is 0 Å². The normalized spacial score (nSPS) is 10.2. The van der Waals surface area contributed by atoms with Gasteiger partial charge in [0.1, 0.15) is 0 Å². The van der Waals surface area contributed by atoms with Crippen molar-refractivity contribution in [1.29, 1.82) is 0 Å². The monoisotopic (exact) mass is 308 g/mol. The Hall–Kier alpha value is -1.75. The number of nitrogens with zero attached hydrogens (tertiary/aromatic N) is 1. The molecule has 0 aliphatic heterocycles. The smallest absolute Gasteiger partial charge is 0.222 e. The first-order valence-corrected chi connectivity index (χ1v) is 6.13. The Balaban J connectivity index is 2.33. The summed E-state index contributed by atoms with van der Waals surface area (Å²) in [7, 11) is 1.57. The van der Waals surface area contributed by atoms with Gasteiger partial charge in [-0.1, -0.05) is 0 Å². The van der Waals surface area contributed by atoms with Gasteiger partial charge in [0.15, 0.2) is 11.5 Å². The number of methoxy groups -OCH3 is 1. The molecule has 0 bridgehead atoms. The average Bonchev–Trinajstić information content (AvgIpc) is 2.34. The van der Waals surface area contributed by atoms with Crippen LogP contribution in [0.5, 0.6) is 17.4 Å². The summed E-state index contributed by atoms with van der Waals surface area (Å²) >= 11 is 3.36. The van der Waals surface area contributed by atoms with E-state index in [1.807, 2.05) is 13.0 Å². The van der Waals surface area contributed by atoms with Crippen LogP contribution in [0, 0.1) is 6.92 Å². The molecule has 0 spiro atoms. The summed E-state index contributed by atoms with van der Waals surface area (Å²) in [6.45, 7) is 1.93. The molecule has 0 aliphatic carbocycles. The standard InChI is InChI=1S/C13H13BrN2O2/c1-8-5-9(14)7-16-13(8)18-11-4-3-10(15)6-12(11)17-2/h3-7H,15H2,1-2H3. The maximum absolute atomic E-state index is 5.73. The second-order valence-corrected chi connectivity index (χ2v) is 4.70. The van der Waals surface area contributed by atoms with E-state index in [0.717, 1.165) is 10.0 Å². The van der Waals surface area contributed by atoms with Crippen molar-refractivity contribution < 1.29 is 9.47 Å². The minimum Gasteiger partial charge on any atom is -0.493 e. The van der Waals surface area contributed by atoms with E-state index in [4.69, 9.17) is 15.2 Å². The third-order valence-corrected chi connectivity index (χ3v) is 2.82. The first-order chi connectivity index (χ1) is 8.60. The zero-order chi connectivity index (χ0) is 13.1. The van der Waals surface area contributed by atoms with Crippen LogP contribution in [0.2, 0.25) is 0 Å². The van der Waals surface area contributed by atoms with Crippen LogP contribution in [0.15, 0.2) is 34.9 Å². The van der Waals surface area contributed by atoms with Crippen LogP contribution in [-0.4, -0.2) is 12.1 Å². The number of halogens is 1. The van der Waals surface area contributed by atoms with Gasteiger partial charge < -0.3 is 15.2 Å². The molecule has 0 atom stereocenters. The Morgan fingerprint density at radius 3 is 2.67 bits per heavy atom. The van der Waals surface area contributed by atoms with Gasteiger partial charge in [-0.2, -0.15) is 0 Å². The van der Waals surface area contributed by atoms with E-state index in [1.165, 1.54) is 0 Å². The molecule has 0 aliphatic rings. The molecule has 0 radical (unpaired) electrons. The fourth-order valence-electron chi connectivity index (χ4n) is 1.51. The maximum Gasteiger partial charge on any atom is 0.222 e. The molecule has 0 saturated carbocycles. The molecule has 2 N–H and O–H groups in total. The molecular formula is C13H13BrN2O2. The number of nitrogen functional groups attached to an aromatic ring is 1. The van der Waals surface area contributed by atoms with E-state index >= 15 is 0 Å². The van der Waals surface area contributed by atoms with Crippen LogP contribution in [0.1, 0.15) is 5.56 Å². The largest absolute Gasteiger partial charge is 0.493 e. The van der Waals surface area contributed by atoms with E-state index in [1.54, 1.807) is 31.5 Å². The van der Waals surface area contributed by atoms with E-state index in [-0.39, 0.29) is 0 Å². The van der Waals surface area contributed by atoms with Crippen LogP contribution in [0.3, 0.4) is 0 Å². The van der Waals surface area contributed by atoms with Gasteiger partial charge in [-0.15, -0.1) is 0 Å². The van der Waals surface area contributed by atoms with Crippen molar-refractivity contribution in [2.75, 3.05) is 12.8 Å². The lowest BCUT2D eigenvalue weighted by Crippen LogP contribution is -1.95. The van der Waals surface area contributed by atoms with Crippen molar-refractivity contribution in [3.63, 3.8) is 0 Å². The van der Waals surface area contributed by atoms with E-state index in [9.17, 15) is 0 Å². The Labute approximate surface area is 114 Å². The van der Waals surface area contributed by atoms with E-state index in [2.05, 4.69) is 20.9 Å². The first-order valence-electron chi connectivity index (χ1n) is 5.33. The number of ether oxygens (including phenoxy) is 2. The lowest BCUT2D eigenvalue weighted by Gasteiger charge is -2.11. The van der Waals surface area contributed by atoms with Gasteiger partial charge in [-0.25, -0.2) is 4.98 Å². The van der Waals surface area contributed by atoms with Gasteiger partial charge in [0.25, 0.3) is 0 Å². The lowest BCUT2D eigenvalue weighted by atomic mass is 10.2. The zero-order valence-electron chi connectivity index (χ0n) is 10.1. The Bertz CT molecular complexity index is 573. The number of hydrogen-bond acceptors (Lipinski definition) is 4. The van der Waals surface area contributed by atoms with Crippen LogP contribution in [0.4, 0.5) is 5.69 Å². The highest BCUT2D eigenvalue weighted by Crippen LogP contribution is 2.33. The topological polar surface area (TPSA) is 57.4 Å². The molecule has 94 valence electrons. The zero-order valence-corrected chi connectivity index (χ0v) is 11.7. The molecule has 1 aromatic carbocycles. The van der Waals surface area contributed by atoms with Crippen molar-refractivity contribution in [2.24, 2.45) is 0 Å². The fraction of sp³-hybridized carbons (Fsp3) is 0.154. The predicted octanol–water partition coefficient (Wildman–Crippen LogP) is 3.54. The quantitative estimate of drug-likeness (QED) is 0.881. The van der Waals surface area contributed by atoms with Gasteiger partial charge in [-0.05, 0) is 41.1 Å². The third-order valence-electron chi connectivity index (χ3n) is 2.39. The number of aromatic nitrogens is 1. The highest BCUT2D eigenvalue weighted by molar-refractivity contribution is 9.10. The average molecular weight is 309 g/mol. The molecular weight excluding hydrogens is 296 g/mol. The number of rotatable bonds is 3. The molecule has 2 aromatic rings. The number of benzene rings is 1. The summed E-state index contributed by atoms with van der Waals surface area (Å²) in [6.07, 6.45) is 1.69. The first kappa shape index (κ1) is 12.7. The molecule has 0 amide bonds. The van der Waals surface area contributed by atoms with Crippen molar-refractivity contribution in [3.05, 3.63) is 40.5 Å². The summed E-state index contributed by atoms with van der Waals surface area (Å²) in [4.78, 5) is 4.22. The van der Waals surface area contributed by atoms with Gasteiger partial charge in [0, 0.05) is 28.0 Å². The molecule has 0 saturated heterocycles. The van der Waals surface area contributed by atoms with Crippen molar-refractivity contribution in [2.45, 2.75) is 6.92 Å². The fourth-order valence-corrected chi connectivity index (χ4v) is 1.95. The molecule has 18 heavy (non-hydrogen) atoms. The van der Waals surface area contributed by atoms with Crippen LogP contribution in [0.25, 0.3) is 0 Å². The highest BCUT2D eigenvalue weighted by atomic mass is 79.9. The van der Waals surface area contributed by atoms with Crippen LogP contribution >= 0.6 is 15.9 Å². The van der Waals surface area contributed by atoms with Gasteiger partial charge in [-0.3, -0.25) is 0 Å². The van der Waals surface area contributed by atoms with Gasteiger partial charge >= 0.3 is 0 Å². The minimum atomic E-state index is 0.543. The molecule has 1 aromatic heterocycles.